The van der Waals surface area contributed by atoms with Crippen molar-refractivity contribution >= 4 is 45.9 Å². The molecule has 0 amide bonds. The van der Waals surface area contributed by atoms with Gasteiger partial charge < -0.3 is 9.80 Å². The van der Waals surface area contributed by atoms with Crippen LogP contribution in [0.2, 0.25) is 10.0 Å². The Hall–Kier alpha value is -2.12. The molecule has 1 spiro atoms. The van der Waals surface area contributed by atoms with Gasteiger partial charge in [-0.05, 0) is 25.0 Å². The summed E-state index contributed by atoms with van der Waals surface area (Å²) >= 11 is 12.2. The summed E-state index contributed by atoms with van der Waals surface area (Å²) in [6, 6.07) is 2.76. The molecule has 134 valence electrons. The first kappa shape index (κ1) is 16.1. The molecule has 2 fully saturated rings. The van der Waals surface area contributed by atoms with Crippen LogP contribution >= 0.6 is 23.2 Å². The predicted molar refractivity (Wildman–Crippen MR) is 99.6 cm³/mol. The maximum Gasteiger partial charge on any atom is 0.225 e. The monoisotopic (exact) mass is 392 g/mol. The Morgan fingerprint density at radius 1 is 1.12 bits per heavy atom. The van der Waals surface area contributed by atoms with Crippen molar-refractivity contribution in [3.8, 4) is 0 Å². The zero-order valence-electron chi connectivity index (χ0n) is 13.7. The van der Waals surface area contributed by atoms with E-state index in [2.05, 4.69) is 30.0 Å². The van der Waals surface area contributed by atoms with E-state index in [0.29, 0.717) is 21.5 Å². The number of aromatic amines is 1. The van der Waals surface area contributed by atoms with Gasteiger partial charge in [0, 0.05) is 19.6 Å². The lowest BCUT2D eigenvalue weighted by molar-refractivity contribution is 0.500. The molecule has 0 bridgehead atoms. The number of benzene rings is 1. The fourth-order valence-corrected chi connectivity index (χ4v) is 4.16. The molecule has 1 saturated heterocycles. The van der Waals surface area contributed by atoms with E-state index in [0.717, 1.165) is 43.7 Å². The summed E-state index contributed by atoms with van der Waals surface area (Å²) in [5, 5.41) is 9.04. The van der Waals surface area contributed by atoms with E-state index < -0.39 is 0 Å². The van der Waals surface area contributed by atoms with Crippen molar-refractivity contribution in [3.05, 3.63) is 40.4 Å². The van der Waals surface area contributed by atoms with Gasteiger partial charge >= 0.3 is 0 Å². The normalized spacial score (nSPS) is 18.7. The third-order valence-corrected chi connectivity index (χ3v) is 5.68. The molecule has 1 saturated carbocycles. The molecule has 9 heteroatoms. The number of rotatable bonds is 2. The highest BCUT2D eigenvalue weighted by Crippen LogP contribution is 2.48. The molecule has 3 aromatic rings. The van der Waals surface area contributed by atoms with E-state index in [1.165, 1.54) is 12.1 Å². The molecule has 5 rings (SSSR count). The van der Waals surface area contributed by atoms with Gasteiger partial charge in [0.1, 0.15) is 5.82 Å². The highest BCUT2D eigenvalue weighted by atomic mass is 35.5. The average Bonchev–Trinajstić information content (AvgIpc) is 3.24. The summed E-state index contributed by atoms with van der Waals surface area (Å²) in [6.45, 7) is 2.33. The molecule has 0 unspecified atom stereocenters. The quantitative estimate of drug-likeness (QED) is 0.720. The van der Waals surface area contributed by atoms with Crippen LogP contribution < -0.4 is 9.80 Å². The molecule has 1 aliphatic carbocycles. The third kappa shape index (κ3) is 2.49. The number of aromatic nitrogens is 4. The van der Waals surface area contributed by atoms with Crippen LogP contribution in [-0.2, 0) is 0 Å². The second-order valence-electron chi connectivity index (χ2n) is 6.86. The zero-order chi connectivity index (χ0) is 17.9. The van der Waals surface area contributed by atoms with Crippen LogP contribution in [0.5, 0.6) is 0 Å². The Balaban J connectivity index is 1.48. The van der Waals surface area contributed by atoms with Gasteiger partial charge in [0.25, 0.3) is 0 Å². The number of H-pyrrole nitrogens is 1. The molecule has 2 aromatic heterocycles. The number of hydrogen-bond donors (Lipinski definition) is 1. The van der Waals surface area contributed by atoms with Crippen LogP contribution in [-0.4, -0.2) is 45.3 Å². The summed E-state index contributed by atoms with van der Waals surface area (Å²) in [5.41, 5.74) is 0.602. The minimum Gasteiger partial charge on any atom is -0.345 e. The SMILES string of the molecule is Fc1cc(Cl)c2c(N3CCN(c4ncc(Cl)cn4)CC34CC4)n[nH]c2c1. The molecule has 1 N–H and O–H groups in total. The maximum atomic E-state index is 13.6. The van der Waals surface area contributed by atoms with Crippen molar-refractivity contribution in [3.63, 3.8) is 0 Å². The van der Waals surface area contributed by atoms with E-state index >= 15 is 0 Å². The Morgan fingerprint density at radius 3 is 2.62 bits per heavy atom. The number of anilines is 2. The van der Waals surface area contributed by atoms with Gasteiger partial charge in [0.05, 0.1) is 38.9 Å². The lowest BCUT2D eigenvalue weighted by atomic mass is 10.1. The third-order valence-electron chi connectivity index (χ3n) is 5.18. The predicted octanol–water partition coefficient (Wildman–Crippen LogP) is 3.66. The van der Waals surface area contributed by atoms with Gasteiger partial charge in [-0.15, -0.1) is 0 Å². The summed E-state index contributed by atoms with van der Waals surface area (Å²) in [4.78, 5) is 13.1. The minimum absolute atomic E-state index is 0.0128. The zero-order valence-corrected chi connectivity index (χ0v) is 15.2. The standard InChI is InChI=1S/C17H15Cl2FN6/c18-10-7-21-16(22-8-10)25-3-4-26(17(9-25)1-2-17)15-14-12(19)5-11(20)6-13(14)23-24-15/h5-8H,1-4,9H2,(H,23,24). The van der Waals surface area contributed by atoms with Gasteiger partial charge in [-0.25, -0.2) is 14.4 Å². The molecular formula is C17H15Cl2FN6. The molecular weight excluding hydrogens is 378 g/mol. The van der Waals surface area contributed by atoms with E-state index in [9.17, 15) is 4.39 Å². The van der Waals surface area contributed by atoms with E-state index in [1.54, 1.807) is 12.4 Å². The lowest BCUT2D eigenvalue weighted by Crippen LogP contribution is -2.56. The van der Waals surface area contributed by atoms with Gasteiger partial charge in [0.15, 0.2) is 5.82 Å². The number of fused-ring (bicyclic) bond motifs is 1. The molecule has 26 heavy (non-hydrogen) atoms. The largest absolute Gasteiger partial charge is 0.345 e. The molecule has 6 nitrogen and oxygen atoms in total. The van der Waals surface area contributed by atoms with Crippen LogP contribution in [0.15, 0.2) is 24.5 Å². The first-order valence-corrected chi connectivity index (χ1v) is 9.15. The van der Waals surface area contributed by atoms with Gasteiger partial charge in [-0.2, -0.15) is 5.10 Å². The highest BCUT2D eigenvalue weighted by Gasteiger charge is 2.53. The highest BCUT2D eigenvalue weighted by molar-refractivity contribution is 6.36. The number of halogens is 3. The van der Waals surface area contributed by atoms with Gasteiger partial charge in [0.2, 0.25) is 5.95 Å². The van der Waals surface area contributed by atoms with Crippen molar-refractivity contribution in [2.75, 3.05) is 29.4 Å². The number of piperazine rings is 1. The fourth-order valence-electron chi connectivity index (χ4n) is 3.77. The summed E-state index contributed by atoms with van der Waals surface area (Å²) in [6.07, 6.45) is 5.35. The Kier molecular flexibility index (Phi) is 3.52. The van der Waals surface area contributed by atoms with Crippen molar-refractivity contribution < 1.29 is 4.39 Å². The molecule has 1 aromatic carbocycles. The Labute approximate surface area is 158 Å². The van der Waals surface area contributed by atoms with Crippen LogP contribution in [0.1, 0.15) is 12.8 Å². The molecule has 0 atom stereocenters. The van der Waals surface area contributed by atoms with Crippen molar-refractivity contribution in [2.24, 2.45) is 0 Å². The van der Waals surface area contributed by atoms with Crippen molar-refractivity contribution in [2.45, 2.75) is 18.4 Å². The van der Waals surface area contributed by atoms with Crippen molar-refractivity contribution in [1.82, 2.24) is 20.2 Å². The molecule has 1 aliphatic heterocycles. The van der Waals surface area contributed by atoms with Gasteiger partial charge in [-0.3, -0.25) is 5.10 Å². The number of nitrogens with zero attached hydrogens (tertiary/aromatic N) is 5. The van der Waals surface area contributed by atoms with Crippen LogP contribution in [0.4, 0.5) is 16.2 Å². The van der Waals surface area contributed by atoms with E-state index in [4.69, 9.17) is 23.2 Å². The lowest BCUT2D eigenvalue weighted by Gasteiger charge is -2.42. The smallest absolute Gasteiger partial charge is 0.225 e. The summed E-state index contributed by atoms with van der Waals surface area (Å²) in [7, 11) is 0. The number of hydrogen-bond acceptors (Lipinski definition) is 5. The average molecular weight is 393 g/mol. The molecule has 2 aliphatic rings. The van der Waals surface area contributed by atoms with Crippen molar-refractivity contribution in [1.29, 1.82) is 0 Å². The fraction of sp³-hybridized carbons (Fsp3) is 0.353. The second kappa shape index (κ2) is 5.69. The maximum absolute atomic E-state index is 13.6. The molecule has 0 radical (unpaired) electrons. The summed E-state index contributed by atoms with van der Waals surface area (Å²) in [5.74, 6) is 1.11. The first-order chi connectivity index (χ1) is 12.6. The van der Waals surface area contributed by atoms with Crippen LogP contribution in [0.3, 0.4) is 0 Å². The topological polar surface area (TPSA) is 60.9 Å². The van der Waals surface area contributed by atoms with Crippen LogP contribution in [0.25, 0.3) is 10.9 Å². The first-order valence-electron chi connectivity index (χ1n) is 8.39. The minimum atomic E-state index is -0.372. The van der Waals surface area contributed by atoms with E-state index in [-0.39, 0.29) is 11.4 Å². The van der Waals surface area contributed by atoms with Gasteiger partial charge in [-0.1, -0.05) is 23.2 Å². The Morgan fingerprint density at radius 2 is 1.88 bits per heavy atom. The molecule has 3 heterocycles. The van der Waals surface area contributed by atoms with Crippen LogP contribution in [0, 0.1) is 5.82 Å². The number of nitrogens with one attached hydrogen (secondary N) is 1. The Bertz CT molecular complexity index is 985. The van der Waals surface area contributed by atoms with E-state index in [1.807, 2.05) is 0 Å². The second-order valence-corrected chi connectivity index (χ2v) is 7.70. The summed E-state index contributed by atoms with van der Waals surface area (Å²) < 4.78 is 13.6.